The molecular formula is C11H10ClFN4O3. The van der Waals surface area contributed by atoms with Gasteiger partial charge in [-0.2, -0.15) is 4.98 Å². The molecule has 2 aromatic rings. The number of halogens is 2. The van der Waals surface area contributed by atoms with Gasteiger partial charge in [0.2, 0.25) is 5.89 Å². The minimum absolute atomic E-state index is 0.0529. The lowest BCUT2D eigenvalue weighted by atomic mass is 10.2. The van der Waals surface area contributed by atoms with Crippen molar-refractivity contribution in [2.24, 2.45) is 0 Å². The molecule has 0 saturated heterocycles. The quantitative estimate of drug-likeness (QED) is 0.674. The predicted octanol–water partition coefficient (Wildman–Crippen LogP) is 2.73. The van der Waals surface area contributed by atoms with Crippen molar-refractivity contribution < 1.29 is 13.8 Å². The van der Waals surface area contributed by atoms with Gasteiger partial charge in [0.15, 0.2) is 5.82 Å². The third kappa shape index (κ3) is 3.21. The second-order valence-corrected chi connectivity index (χ2v) is 4.35. The fourth-order valence-corrected chi connectivity index (χ4v) is 1.74. The molecule has 0 spiro atoms. The summed E-state index contributed by atoms with van der Waals surface area (Å²) in [6, 6.07) is 1.96. The molecular weight excluding hydrogens is 291 g/mol. The highest BCUT2D eigenvalue weighted by Crippen LogP contribution is 2.30. The first kappa shape index (κ1) is 14.2. The largest absolute Gasteiger partial charge is 0.379 e. The number of nitrogens with one attached hydrogen (secondary N) is 1. The van der Waals surface area contributed by atoms with Crippen molar-refractivity contribution in [1.29, 1.82) is 0 Å². The number of nitro benzene ring substituents is 1. The van der Waals surface area contributed by atoms with Crippen LogP contribution in [0, 0.1) is 22.9 Å². The second-order valence-electron chi connectivity index (χ2n) is 3.95. The maximum atomic E-state index is 13.3. The fourth-order valence-electron chi connectivity index (χ4n) is 1.58. The molecule has 1 heterocycles. The minimum Gasteiger partial charge on any atom is -0.379 e. The van der Waals surface area contributed by atoms with Gasteiger partial charge in [0.25, 0.3) is 5.69 Å². The summed E-state index contributed by atoms with van der Waals surface area (Å²) in [4.78, 5) is 14.2. The average Bonchev–Trinajstić information content (AvgIpc) is 2.79. The summed E-state index contributed by atoms with van der Waals surface area (Å²) in [5.74, 6) is 0.172. The highest BCUT2D eigenvalue weighted by atomic mass is 35.5. The summed E-state index contributed by atoms with van der Waals surface area (Å²) in [5, 5.41) is 17.0. The molecule has 0 unspecified atom stereocenters. The molecule has 1 aromatic heterocycles. The van der Waals surface area contributed by atoms with E-state index < -0.39 is 10.7 Å². The topological polar surface area (TPSA) is 94.1 Å². The van der Waals surface area contributed by atoms with Crippen LogP contribution < -0.4 is 5.32 Å². The summed E-state index contributed by atoms with van der Waals surface area (Å²) in [6.07, 6.45) is 0.388. The normalized spacial score (nSPS) is 10.6. The molecule has 0 bridgehead atoms. The molecule has 7 nitrogen and oxygen atoms in total. The number of rotatable bonds is 5. The summed E-state index contributed by atoms with van der Waals surface area (Å²) in [6.45, 7) is 1.95. The van der Waals surface area contributed by atoms with Gasteiger partial charge < -0.3 is 9.84 Å². The Morgan fingerprint density at radius 2 is 2.30 bits per heavy atom. The SMILES string of the molecule is Cc1nc(CCNc2cc(F)c(Cl)cc2[N+](=O)[O-])no1. The van der Waals surface area contributed by atoms with Crippen LogP contribution in [0.25, 0.3) is 0 Å². The Labute approximate surface area is 117 Å². The van der Waals surface area contributed by atoms with Gasteiger partial charge in [0.1, 0.15) is 11.5 Å². The van der Waals surface area contributed by atoms with Gasteiger partial charge in [0, 0.05) is 32.0 Å². The van der Waals surface area contributed by atoms with E-state index in [0.29, 0.717) is 24.7 Å². The first-order valence-corrected chi connectivity index (χ1v) is 6.01. The van der Waals surface area contributed by atoms with Crippen LogP contribution in [0.4, 0.5) is 15.8 Å². The van der Waals surface area contributed by atoms with Crippen LogP contribution in [0.15, 0.2) is 16.7 Å². The number of aromatic nitrogens is 2. The predicted molar refractivity (Wildman–Crippen MR) is 69.3 cm³/mol. The molecule has 0 fully saturated rings. The van der Waals surface area contributed by atoms with E-state index in [4.69, 9.17) is 16.1 Å². The summed E-state index contributed by atoms with van der Waals surface area (Å²) in [7, 11) is 0. The lowest BCUT2D eigenvalue weighted by Gasteiger charge is -2.06. The van der Waals surface area contributed by atoms with Gasteiger partial charge >= 0.3 is 0 Å². The molecule has 0 atom stereocenters. The van der Waals surface area contributed by atoms with E-state index in [2.05, 4.69) is 15.5 Å². The monoisotopic (exact) mass is 300 g/mol. The highest BCUT2D eigenvalue weighted by Gasteiger charge is 2.17. The van der Waals surface area contributed by atoms with Crippen molar-refractivity contribution in [3.8, 4) is 0 Å². The van der Waals surface area contributed by atoms with Crippen LogP contribution in [0.3, 0.4) is 0 Å². The van der Waals surface area contributed by atoms with Gasteiger partial charge in [-0.25, -0.2) is 4.39 Å². The molecule has 1 aromatic carbocycles. The molecule has 106 valence electrons. The van der Waals surface area contributed by atoms with E-state index in [1.807, 2.05) is 0 Å². The van der Waals surface area contributed by atoms with E-state index in [9.17, 15) is 14.5 Å². The molecule has 1 N–H and O–H groups in total. The number of benzene rings is 1. The first-order valence-electron chi connectivity index (χ1n) is 5.64. The number of nitrogens with zero attached hydrogens (tertiary/aromatic N) is 3. The molecule has 9 heteroatoms. The van der Waals surface area contributed by atoms with Crippen LogP contribution in [0.2, 0.25) is 5.02 Å². The van der Waals surface area contributed by atoms with E-state index in [1.165, 1.54) is 0 Å². The van der Waals surface area contributed by atoms with Crippen molar-refractivity contribution in [2.75, 3.05) is 11.9 Å². The van der Waals surface area contributed by atoms with E-state index >= 15 is 0 Å². The van der Waals surface area contributed by atoms with Crippen molar-refractivity contribution in [3.05, 3.63) is 44.8 Å². The lowest BCUT2D eigenvalue weighted by Crippen LogP contribution is -2.08. The zero-order chi connectivity index (χ0) is 14.7. The van der Waals surface area contributed by atoms with Crippen LogP contribution >= 0.6 is 11.6 Å². The average molecular weight is 301 g/mol. The second kappa shape index (κ2) is 5.83. The maximum Gasteiger partial charge on any atom is 0.294 e. The Morgan fingerprint density at radius 3 is 2.90 bits per heavy atom. The number of hydrogen-bond acceptors (Lipinski definition) is 6. The standard InChI is InChI=1S/C11H10ClFN4O3/c1-6-15-11(16-20-6)2-3-14-9-5-8(13)7(12)4-10(9)17(18)19/h4-5,14H,2-3H2,1H3. The van der Waals surface area contributed by atoms with Gasteiger partial charge in [-0.3, -0.25) is 10.1 Å². The summed E-state index contributed by atoms with van der Waals surface area (Å²) < 4.78 is 18.1. The lowest BCUT2D eigenvalue weighted by molar-refractivity contribution is -0.384. The Kier molecular flexibility index (Phi) is 4.14. The molecule has 0 saturated carbocycles. The third-order valence-corrected chi connectivity index (χ3v) is 2.76. The molecule has 0 aliphatic rings. The van der Waals surface area contributed by atoms with Crippen LogP contribution in [-0.4, -0.2) is 21.6 Å². The van der Waals surface area contributed by atoms with E-state index in [0.717, 1.165) is 12.1 Å². The number of hydrogen-bond donors (Lipinski definition) is 1. The Morgan fingerprint density at radius 1 is 1.55 bits per heavy atom. The van der Waals surface area contributed by atoms with Crippen molar-refractivity contribution in [3.63, 3.8) is 0 Å². The summed E-state index contributed by atoms with van der Waals surface area (Å²) >= 11 is 5.52. The molecule has 2 rings (SSSR count). The van der Waals surface area contributed by atoms with Crippen molar-refractivity contribution >= 4 is 23.0 Å². The van der Waals surface area contributed by atoms with Gasteiger partial charge in [-0.1, -0.05) is 16.8 Å². The van der Waals surface area contributed by atoms with Gasteiger partial charge in [-0.05, 0) is 0 Å². The van der Waals surface area contributed by atoms with Crippen molar-refractivity contribution in [1.82, 2.24) is 10.1 Å². The zero-order valence-corrected chi connectivity index (χ0v) is 11.1. The number of anilines is 1. The summed E-state index contributed by atoms with van der Waals surface area (Å²) in [5.41, 5.74) is -0.238. The van der Waals surface area contributed by atoms with Gasteiger partial charge in [-0.15, -0.1) is 0 Å². The number of nitro groups is 1. The van der Waals surface area contributed by atoms with Gasteiger partial charge in [0.05, 0.1) is 9.95 Å². The Hall–Kier alpha value is -2.22. The molecule has 0 aliphatic carbocycles. The fraction of sp³-hybridized carbons (Fsp3) is 0.273. The molecule has 0 aliphatic heterocycles. The van der Waals surface area contributed by atoms with Crippen LogP contribution in [0.1, 0.15) is 11.7 Å². The van der Waals surface area contributed by atoms with Crippen LogP contribution in [-0.2, 0) is 6.42 Å². The smallest absolute Gasteiger partial charge is 0.294 e. The van der Waals surface area contributed by atoms with Crippen LogP contribution in [0.5, 0.6) is 0 Å². The first-order chi connectivity index (χ1) is 9.47. The van der Waals surface area contributed by atoms with Crippen molar-refractivity contribution in [2.45, 2.75) is 13.3 Å². The Balaban J connectivity index is 2.08. The van der Waals surface area contributed by atoms with E-state index in [1.54, 1.807) is 6.92 Å². The maximum absolute atomic E-state index is 13.3. The number of aryl methyl sites for hydroxylation is 1. The Bertz CT molecular complexity index is 647. The minimum atomic E-state index is -0.727. The molecule has 20 heavy (non-hydrogen) atoms. The zero-order valence-electron chi connectivity index (χ0n) is 10.4. The molecule has 0 radical (unpaired) electrons. The molecule has 0 amide bonds. The van der Waals surface area contributed by atoms with E-state index in [-0.39, 0.29) is 16.4 Å². The highest BCUT2D eigenvalue weighted by molar-refractivity contribution is 6.31. The third-order valence-electron chi connectivity index (χ3n) is 2.47.